The molecule has 3 rings (SSSR count). The summed E-state index contributed by atoms with van der Waals surface area (Å²) in [5, 5.41) is 11.1. The molecule has 7 nitrogen and oxygen atoms in total. The molecule has 1 amide bonds. The van der Waals surface area contributed by atoms with E-state index in [0.29, 0.717) is 37.8 Å². The molecule has 156 valence electrons. The first kappa shape index (κ1) is 21.1. The average Bonchev–Trinajstić information content (AvgIpc) is 2.78. The van der Waals surface area contributed by atoms with Gasteiger partial charge in [-0.15, -0.1) is 10.2 Å². The summed E-state index contributed by atoms with van der Waals surface area (Å²) in [6.45, 7) is 5.73. The summed E-state index contributed by atoms with van der Waals surface area (Å²) in [6.07, 6.45) is 0. The van der Waals surface area contributed by atoms with Gasteiger partial charge in [-0.3, -0.25) is 4.79 Å². The highest BCUT2D eigenvalue weighted by atomic mass is 16.5. The van der Waals surface area contributed by atoms with E-state index in [1.807, 2.05) is 44.2 Å². The Kier molecular flexibility index (Phi) is 7.60. The molecule has 0 spiro atoms. The molecule has 0 radical (unpaired) electrons. The number of benzene rings is 2. The predicted octanol–water partition coefficient (Wildman–Crippen LogP) is 3.75. The van der Waals surface area contributed by atoms with Crippen molar-refractivity contribution < 1.29 is 19.0 Å². The summed E-state index contributed by atoms with van der Waals surface area (Å²) >= 11 is 0. The third kappa shape index (κ3) is 5.94. The van der Waals surface area contributed by atoms with Crippen LogP contribution in [0.25, 0.3) is 11.3 Å². The Bertz CT molecular complexity index is 926. The minimum absolute atomic E-state index is 0.168. The minimum Gasteiger partial charge on any atom is -0.494 e. The molecule has 1 heterocycles. The number of rotatable bonds is 10. The topological polar surface area (TPSA) is 82.6 Å². The van der Waals surface area contributed by atoms with Crippen molar-refractivity contribution in [1.82, 2.24) is 15.5 Å². The third-order valence-electron chi connectivity index (χ3n) is 4.17. The molecule has 0 fully saturated rings. The van der Waals surface area contributed by atoms with Gasteiger partial charge in [0.25, 0.3) is 5.91 Å². The maximum absolute atomic E-state index is 12.1. The third-order valence-corrected chi connectivity index (χ3v) is 4.17. The second-order valence-corrected chi connectivity index (χ2v) is 6.28. The van der Waals surface area contributed by atoms with E-state index in [0.717, 1.165) is 22.8 Å². The van der Waals surface area contributed by atoms with Gasteiger partial charge in [-0.05, 0) is 68.4 Å². The van der Waals surface area contributed by atoms with E-state index in [2.05, 4.69) is 15.5 Å². The van der Waals surface area contributed by atoms with Crippen molar-refractivity contribution in [3.63, 3.8) is 0 Å². The minimum atomic E-state index is -0.168. The summed E-state index contributed by atoms with van der Waals surface area (Å²) in [5.41, 5.74) is 2.26. The number of ether oxygens (including phenoxy) is 3. The quantitative estimate of drug-likeness (QED) is 0.516. The molecule has 0 aliphatic heterocycles. The number of carbonyl (C=O) groups is 1. The summed E-state index contributed by atoms with van der Waals surface area (Å²) in [4.78, 5) is 12.1. The van der Waals surface area contributed by atoms with Crippen LogP contribution in [0.4, 0.5) is 0 Å². The lowest BCUT2D eigenvalue weighted by Gasteiger charge is -2.08. The Labute approximate surface area is 176 Å². The van der Waals surface area contributed by atoms with Gasteiger partial charge in [0.15, 0.2) is 0 Å². The highest BCUT2D eigenvalue weighted by molar-refractivity contribution is 5.94. The fourth-order valence-corrected chi connectivity index (χ4v) is 2.73. The predicted molar refractivity (Wildman–Crippen MR) is 114 cm³/mol. The summed E-state index contributed by atoms with van der Waals surface area (Å²) in [7, 11) is 0. The Hall–Kier alpha value is -3.61. The van der Waals surface area contributed by atoms with Crippen molar-refractivity contribution in [3.8, 4) is 28.6 Å². The molecule has 0 unspecified atom stereocenters. The second kappa shape index (κ2) is 10.8. The van der Waals surface area contributed by atoms with Crippen molar-refractivity contribution in [3.05, 3.63) is 66.2 Å². The Morgan fingerprint density at radius 1 is 0.800 bits per heavy atom. The smallest absolute Gasteiger partial charge is 0.251 e. The lowest BCUT2D eigenvalue weighted by atomic mass is 10.1. The maximum atomic E-state index is 12.1. The highest BCUT2D eigenvalue weighted by Gasteiger charge is 2.06. The van der Waals surface area contributed by atoms with Crippen LogP contribution in [-0.2, 0) is 0 Å². The van der Waals surface area contributed by atoms with Gasteiger partial charge in [-0.25, -0.2) is 0 Å². The van der Waals surface area contributed by atoms with Crippen molar-refractivity contribution in [2.24, 2.45) is 0 Å². The summed E-state index contributed by atoms with van der Waals surface area (Å²) in [5.74, 6) is 1.80. The normalized spacial score (nSPS) is 10.3. The van der Waals surface area contributed by atoms with Gasteiger partial charge in [-0.1, -0.05) is 0 Å². The molecule has 0 saturated carbocycles. The van der Waals surface area contributed by atoms with E-state index < -0.39 is 0 Å². The van der Waals surface area contributed by atoms with Gasteiger partial charge in [0, 0.05) is 17.2 Å². The Morgan fingerprint density at radius 2 is 1.43 bits per heavy atom. The van der Waals surface area contributed by atoms with Crippen LogP contribution in [-0.4, -0.2) is 42.5 Å². The van der Waals surface area contributed by atoms with Gasteiger partial charge in [-0.2, -0.15) is 0 Å². The molecular formula is C23H25N3O4. The molecule has 0 bridgehead atoms. The van der Waals surface area contributed by atoms with Gasteiger partial charge in [0.2, 0.25) is 5.88 Å². The zero-order chi connectivity index (χ0) is 21.2. The number of nitrogens with one attached hydrogen (secondary N) is 1. The van der Waals surface area contributed by atoms with Gasteiger partial charge in [0.05, 0.1) is 25.5 Å². The monoisotopic (exact) mass is 407 g/mol. The molecule has 0 aliphatic rings. The van der Waals surface area contributed by atoms with E-state index in [9.17, 15) is 4.79 Å². The van der Waals surface area contributed by atoms with Crippen molar-refractivity contribution in [1.29, 1.82) is 0 Å². The highest BCUT2D eigenvalue weighted by Crippen LogP contribution is 2.21. The van der Waals surface area contributed by atoms with E-state index >= 15 is 0 Å². The lowest BCUT2D eigenvalue weighted by molar-refractivity contribution is 0.0946. The first-order valence-electron chi connectivity index (χ1n) is 9.90. The molecule has 0 atom stereocenters. The van der Waals surface area contributed by atoms with E-state index in [1.54, 1.807) is 30.3 Å². The molecule has 30 heavy (non-hydrogen) atoms. The molecule has 1 aromatic heterocycles. The molecular weight excluding hydrogens is 382 g/mol. The Morgan fingerprint density at radius 3 is 2.00 bits per heavy atom. The van der Waals surface area contributed by atoms with E-state index in [1.165, 1.54) is 0 Å². The standard InChI is InChI=1S/C23H25N3O4/c1-3-28-19-9-5-17(6-10-19)21-13-14-22(26-25-21)30-16-15-24-23(27)18-7-11-20(12-8-18)29-4-2/h5-14H,3-4,15-16H2,1-2H3,(H,24,27). The second-order valence-electron chi connectivity index (χ2n) is 6.28. The number of carbonyl (C=O) groups excluding carboxylic acids is 1. The van der Waals surface area contributed by atoms with E-state index in [-0.39, 0.29) is 5.91 Å². The number of aromatic nitrogens is 2. The number of amides is 1. The Balaban J connectivity index is 1.44. The summed E-state index contributed by atoms with van der Waals surface area (Å²) in [6, 6.07) is 18.3. The molecule has 0 aliphatic carbocycles. The average molecular weight is 407 g/mol. The number of hydrogen-bond donors (Lipinski definition) is 1. The first-order chi connectivity index (χ1) is 14.7. The van der Waals surface area contributed by atoms with Crippen LogP contribution < -0.4 is 19.5 Å². The maximum Gasteiger partial charge on any atom is 0.251 e. The van der Waals surface area contributed by atoms with Crippen LogP contribution in [0.1, 0.15) is 24.2 Å². The number of hydrogen-bond acceptors (Lipinski definition) is 6. The SMILES string of the molecule is CCOc1ccc(C(=O)NCCOc2ccc(-c3ccc(OCC)cc3)nn2)cc1. The molecule has 3 aromatic rings. The van der Waals surface area contributed by atoms with E-state index in [4.69, 9.17) is 14.2 Å². The fraction of sp³-hybridized carbons (Fsp3) is 0.261. The molecule has 7 heteroatoms. The molecule has 2 aromatic carbocycles. The molecule has 0 saturated heterocycles. The fourth-order valence-electron chi connectivity index (χ4n) is 2.73. The molecule has 1 N–H and O–H groups in total. The van der Waals surface area contributed by atoms with Gasteiger partial charge < -0.3 is 19.5 Å². The summed E-state index contributed by atoms with van der Waals surface area (Å²) < 4.78 is 16.4. The van der Waals surface area contributed by atoms with Crippen LogP contribution in [0.15, 0.2) is 60.7 Å². The zero-order valence-electron chi connectivity index (χ0n) is 17.1. The van der Waals surface area contributed by atoms with Crippen molar-refractivity contribution in [2.75, 3.05) is 26.4 Å². The number of nitrogens with zero attached hydrogens (tertiary/aromatic N) is 2. The van der Waals surface area contributed by atoms with Crippen LogP contribution in [0.5, 0.6) is 17.4 Å². The van der Waals surface area contributed by atoms with Crippen molar-refractivity contribution >= 4 is 5.91 Å². The zero-order valence-corrected chi connectivity index (χ0v) is 17.1. The van der Waals surface area contributed by atoms with Crippen LogP contribution >= 0.6 is 0 Å². The first-order valence-corrected chi connectivity index (χ1v) is 9.90. The van der Waals surface area contributed by atoms with Crippen LogP contribution in [0, 0.1) is 0 Å². The van der Waals surface area contributed by atoms with Gasteiger partial charge >= 0.3 is 0 Å². The van der Waals surface area contributed by atoms with Gasteiger partial charge in [0.1, 0.15) is 18.1 Å². The van der Waals surface area contributed by atoms with Crippen LogP contribution in [0.2, 0.25) is 0 Å². The lowest BCUT2D eigenvalue weighted by Crippen LogP contribution is -2.28. The largest absolute Gasteiger partial charge is 0.494 e. The van der Waals surface area contributed by atoms with Crippen LogP contribution in [0.3, 0.4) is 0 Å². The van der Waals surface area contributed by atoms with Crippen molar-refractivity contribution in [2.45, 2.75) is 13.8 Å².